The second kappa shape index (κ2) is 6.15. The van der Waals surface area contributed by atoms with E-state index in [1.54, 1.807) is 12.1 Å². The Morgan fingerprint density at radius 3 is 2.53 bits per heavy atom. The van der Waals surface area contributed by atoms with E-state index in [1.807, 2.05) is 36.6 Å². The molecule has 19 heavy (non-hydrogen) atoms. The minimum absolute atomic E-state index is 0.0507. The normalized spacial score (nSPS) is 11.3. The van der Waals surface area contributed by atoms with Gasteiger partial charge in [-0.3, -0.25) is 10.1 Å². The van der Waals surface area contributed by atoms with Gasteiger partial charge in [-0.2, -0.15) is 0 Å². The lowest BCUT2D eigenvalue weighted by Gasteiger charge is -2.03. The molecule has 0 unspecified atom stereocenters. The quantitative estimate of drug-likeness (QED) is 0.367. The molecule has 0 saturated heterocycles. The first-order valence-corrected chi connectivity index (χ1v) is 6.86. The van der Waals surface area contributed by atoms with Crippen molar-refractivity contribution in [2.75, 3.05) is 6.26 Å². The molecule has 0 N–H and O–H groups in total. The fourth-order valence-electron chi connectivity index (χ4n) is 1.60. The highest BCUT2D eigenvalue weighted by Crippen LogP contribution is 2.23. The second-order valence-corrected chi connectivity index (χ2v) is 4.56. The summed E-state index contributed by atoms with van der Waals surface area (Å²) < 4.78 is 0. The molecule has 0 bridgehead atoms. The molecule has 0 heterocycles. The van der Waals surface area contributed by atoms with Gasteiger partial charge in [0, 0.05) is 17.7 Å². The number of hydrogen-bond donors (Lipinski definition) is 0. The molecule has 0 spiro atoms. The van der Waals surface area contributed by atoms with Gasteiger partial charge in [0.1, 0.15) is 5.04 Å². The Balaban J connectivity index is 2.38. The molecule has 5 heteroatoms. The van der Waals surface area contributed by atoms with Gasteiger partial charge >= 0.3 is 0 Å². The summed E-state index contributed by atoms with van der Waals surface area (Å²) in [7, 11) is 0. The molecule has 2 aromatic rings. The largest absolute Gasteiger partial charge is 0.271 e. The van der Waals surface area contributed by atoms with Crippen molar-refractivity contribution in [2.45, 2.75) is 0 Å². The van der Waals surface area contributed by atoms with Gasteiger partial charge in [-0.25, -0.2) is 4.99 Å². The van der Waals surface area contributed by atoms with Gasteiger partial charge in [0.05, 0.1) is 10.6 Å². The van der Waals surface area contributed by atoms with Crippen molar-refractivity contribution in [1.29, 1.82) is 0 Å². The summed E-state index contributed by atoms with van der Waals surface area (Å²) in [5, 5.41) is 11.6. The minimum Gasteiger partial charge on any atom is -0.258 e. The van der Waals surface area contributed by atoms with E-state index in [0.717, 1.165) is 10.6 Å². The molecule has 0 aliphatic carbocycles. The van der Waals surface area contributed by atoms with Crippen LogP contribution in [-0.2, 0) is 0 Å². The average Bonchev–Trinajstić information content (AvgIpc) is 2.46. The maximum atomic E-state index is 10.7. The Bertz CT molecular complexity index is 612. The molecule has 0 aliphatic rings. The number of non-ortho nitro benzene ring substituents is 1. The van der Waals surface area contributed by atoms with E-state index in [0.29, 0.717) is 5.69 Å². The lowest BCUT2D eigenvalue weighted by Crippen LogP contribution is -1.93. The van der Waals surface area contributed by atoms with Gasteiger partial charge in [0.2, 0.25) is 0 Å². The molecule has 2 rings (SSSR count). The lowest BCUT2D eigenvalue weighted by atomic mass is 10.2. The van der Waals surface area contributed by atoms with Crippen molar-refractivity contribution in [3.8, 4) is 0 Å². The monoisotopic (exact) mass is 272 g/mol. The number of nitrogens with zero attached hydrogens (tertiary/aromatic N) is 2. The molecule has 4 nitrogen and oxygen atoms in total. The standard InChI is InChI=1S/C14H12N2O2S/c1-19-14(11-6-3-2-4-7-11)15-12-8-5-9-13(10-12)16(17)18/h2-10H,1H3. The summed E-state index contributed by atoms with van der Waals surface area (Å²) in [6.07, 6.45) is 1.93. The van der Waals surface area contributed by atoms with Crippen LogP contribution in [0.1, 0.15) is 5.56 Å². The summed E-state index contributed by atoms with van der Waals surface area (Å²) in [5.74, 6) is 0. The van der Waals surface area contributed by atoms with Crippen molar-refractivity contribution in [1.82, 2.24) is 0 Å². The molecule has 2 aromatic carbocycles. The fourth-order valence-corrected chi connectivity index (χ4v) is 2.17. The van der Waals surface area contributed by atoms with Crippen LogP contribution in [0.3, 0.4) is 0 Å². The van der Waals surface area contributed by atoms with Crippen LogP contribution < -0.4 is 0 Å². The first-order chi connectivity index (χ1) is 9.20. The number of nitro groups is 1. The first kappa shape index (κ1) is 13.3. The van der Waals surface area contributed by atoms with Gasteiger partial charge < -0.3 is 0 Å². The summed E-state index contributed by atoms with van der Waals surface area (Å²) >= 11 is 1.51. The zero-order valence-corrected chi connectivity index (χ0v) is 11.1. The number of aliphatic imine (C=N–C) groups is 1. The highest BCUT2D eigenvalue weighted by Gasteiger charge is 2.06. The third-order valence-corrected chi connectivity index (χ3v) is 3.20. The fraction of sp³-hybridized carbons (Fsp3) is 0.0714. The van der Waals surface area contributed by atoms with Crippen LogP contribution in [-0.4, -0.2) is 16.2 Å². The third kappa shape index (κ3) is 3.42. The van der Waals surface area contributed by atoms with E-state index in [2.05, 4.69) is 4.99 Å². The molecule has 0 aromatic heterocycles. The molecule has 96 valence electrons. The third-order valence-electron chi connectivity index (χ3n) is 2.49. The lowest BCUT2D eigenvalue weighted by molar-refractivity contribution is -0.384. The van der Waals surface area contributed by atoms with Crippen molar-refractivity contribution < 1.29 is 4.92 Å². The van der Waals surface area contributed by atoms with E-state index in [9.17, 15) is 10.1 Å². The summed E-state index contributed by atoms with van der Waals surface area (Å²) in [5.41, 5.74) is 1.64. The van der Waals surface area contributed by atoms with E-state index in [-0.39, 0.29) is 5.69 Å². The number of thioether (sulfide) groups is 1. The van der Waals surface area contributed by atoms with Crippen molar-refractivity contribution in [3.63, 3.8) is 0 Å². The number of benzene rings is 2. The first-order valence-electron chi connectivity index (χ1n) is 5.63. The van der Waals surface area contributed by atoms with Gasteiger partial charge in [0.25, 0.3) is 5.69 Å². The van der Waals surface area contributed by atoms with Crippen LogP contribution in [0.5, 0.6) is 0 Å². The molecular formula is C14H12N2O2S. The molecule has 0 aliphatic heterocycles. The van der Waals surface area contributed by atoms with Crippen molar-refractivity contribution in [3.05, 3.63) is 70.3 Å². The maximum absolute atomic E-state index is 10.7. The van der Waals surface area contributed by atoms with Crippen molar-refractivity contribution in [2.24, 2.45) is 4.99 Å². The molecule has 0 amide bonds. The summed E-state index contributed by atoms with van der Waals surface area (Å²) in [6.45, 7) is 0. The summed E-state index contributed by atoms with van der Waals surface area (Å²) in [4.78, 5) is 14.8. The highest BCUT2D eigenvalue weighted by molar-refractivity contribution is 8.13. The van der Waals surface area contributed by atoms with Crippen LogP contribution in [0.15, 0.2) is 59.6 Å². The van der Waals surface area contributed by atoms with E-state index in [4.69, 9.17) is 0 Å². The predicted octanol–water partition coefficient (Wildman–Crippen LogP) is 4.04. The van der Waals surface area contributed by atoms with Crippen LogP contribution in [0.25, 0.3) is 0 Å². The average molecular weight is 272 g/mol. The number of nitro benzene ring substituents is 1. The van der Waals surface area contributed by atoms with E-state index >= 15 is 0 Å². The second-order valence-electron chi connectivity index (χ2n) is 3.76. The maximum Gasteiger partial charge on any atom is 0.271 e. The van der Waals surface area contributed by atoms with Crippen LogP contribution in [0.2, 0.25) is 0 Å². The number of rotatable bonds is 3. The topological polar surface area (TPSA) is 55.5 Å². The number of hydrogen-bond acceptors (Lipinski definition) is 4. The zero-order valence-electron chi connectivity index (χ0n) is 10.3. The Morgan fingerprint density at radius 1 is 1.16 bits per heavy atom. The van der Waals surface area contributed by atoms with E-state index in [1.165, 1.54) is 23.9 Å². The van der Waals surface area contributed by atoms with E-state index < -0.39 is 4.92 Å². The van der Waals surface area contributed by atoms with Crippen LogP contribution in [0.4, 0.5) is 11.4 Å². The van der Waals surface area contributed by atoms with Crippen LogP contribution in [0, 0.1) is 10.1 Å². The van der Waals surface area contributed by atoms with Crippen molar-refractivity contribution >= 4 is 28.2 Å². The van der Waals surface area contributed by atoms with Gasteiger partial charge in [0.15, 0.2) is 0 Å². The highest BCUT2D eigenvalue weighted by atomic mass is 32.2. The zero-order chi connectivity index (χ0) is 13.7. The van der Waals surface area contributed by atoms with Gasteiger partial charge in [-0.05, 0) is 12.3 Å². The Hall–Kier alpha value is -2.14. The summed E-state index contributed by atoms with van der Waals surface area (Å²) in [6, 6.07) is 16.1. The molecule has 0 radical (unpaired) electrons. The minimum atomic E-state index is -0.416. The molecule has 0 saturated carbocycles. The smallest absolute Gasteiger partial charge is 0.258 e. The SMILES string of the molecule is CSC(=Nc1cccc([N+](=O)[O-])c1)c1ccccc1. The Kier molecular flexibility index (Phi) is 4.30. The molecule has 0 atom stereocenters. The Labute approximate surface area is 115 Å². The Morgan fingerprint density at radius 2 is 1.89 bits per heavy atom. The predicted molar refractivity (Wildman–Crippen MR) is 79.3 cm³/mol. The van der Waals surface area contributed by atoms with Gasteiger partial charge in [-0.15, -0.1) is 11.8 Å². The van der Waals surface area contributed by atoms with Gasteiger partial charge in [-0.1, -0.05) is 36.4 Å². The molecular weight excluding hydrogens is 260 g/mol. The molecule has 0 fully saturated rings. The van der Waals surface area contributed by atoms with Crippen LogP contribution >= 0.6 is 11.8 Å².